The number of hydrogen-bond donors (Lipinski definition) is 2. The molecule has 0 aliphatic rings. The topological polar surface area (TPSA) is 71.7 Å². The Bertz CT molecular complexity index is 952. The molecule has 5 nitrogen and oxygen atoms in total. The number of methoxy groups -OCH3 is 1. The van der Waals surface area contributed by atoms with E-state index in [4.69, 9.17) is 37.5 Å². The smallest absolute Gasteiger partial charge is 0.259 e. The quantitative estimate of drug-likeness (QED) is 0.641. The molecule has 1 amide bonds. The fourth-order valence-corrected chi connectivity index (χ4v) is 2.78. The molecular weight excluding hydrogens is 377 g/mol. The number of furan rings is 1. The molecule has 1 heterocycles. The summed E-state index contributed by atoms with van der Waals surface area (Å²) in [6.45, 7) is -0.189. The van der Waals surface area contributed by atoms with Crippen molar-refractivity contribution >= 4 is 34.8 Å². The molecule has 0 saturated heterocycles. The fourth-order valence-electron chi connectivity index (χ4n) is 2.44. The largest absolute Gasteiger partial charge is 0.496 e. The Morgan fingerprint density at radius 1 is 1.15 bits per heavy atom. The van der Waals surface area contributed by atoms with Crippen LogP contribution < -0.4 is 10.1 Å². The first kappa shape index (κ1) is 18.3. The summed E-state index contributed by atoms with van der Waals surface area (Å²) in [7, 11) is 1.48. The van der Waals surface area contributed by atoms with Gasteiger partial charge in [-0.25, -0.2) is 0 Å². The van der Waals surface area contributed by atoms with Gasteiger partial charge in [-0.2, -0.15) is 0 Å². The highest BCUT2D eigenvalue weighted by atomic mass is 35.5. The van der Waals surface area contributed by atoms with Crippen LogP contribution in [0.2, 0.25) is 10.0 Å². The number of rotatable bonds is 5. The van der Waals surface area contributed by atoms with Gasteiger partial charge in [-0.05, 0) is 48.5 Å². The number of carbonyl (C=O) groups is 1. The van der Waals surface area contributed by atoms with E-state index < -0.39 is 5.91 Å². The number of benzene rings is 2. The molecule has 0 radical (unpaired) electrons. The summed E-state index contributed by atoms with van der Waals surface area (Å²) < 4.78 is 10.7. The molecule has 3 rings (SSSR count). The van der Waals surface area contributed by atoms with Gasteiger partial charge in [0.2, 0.25) is 0 Å². The minimum Gasteiger partial charge on any atom is -0.496 e. The lowest BCUT2D eigenvalue weighted by molar-refractivity contribution is 0.102. The molecule has 0 spiro atoms. The van der Waals surface area contributed by atoms with Gasteiger partial charge in [-0.15, -0.1) is 0 Å². The zero-order valence-electron chi connectivity index (χ0n) is 13.8. The first-order valence-electron chi connectivity index (χ1n) is 7.66. The number of halogens is 2. The SMILES string of the molecule is COc1ccc(Cl)cc1C(=O)Nc1cc(-c2ccc(CO)o2)ccc1Cl. The van der Waals surface area contributed by atoms with Crippen molar-refractivity contribution in [3.63, 3.8) is 0 Å². The number of aliphatic hydroxyl groups is 1. The van der Waals surface area contributed by atoms with E-state index in [0.29, 0.717) is 44.1 Å². The van der Waals surface area contributed by atoms with Gasteiger partial charge in [0.15, 0.2) is 0 Å². The minimum atomic E-state index is -0.404. The number of ether oxygens (including phenoxy) is 1. The van der Waals surface area contributed by atoms with Gasteiger partial charge in [-0.1, -0.05) is 23.2 Å². The number of amides is 1. The lowest BCUT2D eigenvalue weighted by atomic mass is 10.1. The minimum absolute atomic E-state index is 0.189. The van der Waals surface area contributed by atoms with Crippen molar-refractivity contribution in [1.82, 2.24) is 0 Å². The van der Waals surface area contributed by atoms with Crippen molar-refractivity contribution in [2.24, 2.45) is 0 Å². The van der Waals surface area contributed by atoms with Crippen LogP contribution in [0, 0.1) is 0 Å². The summed E-state index contributed by atoms with van der Waals surface area (Å²) >= 11 is 12.2. The molecule has 0 fully saturated rings. The van der Waals surface area contributed by atoms with E-state index in [1.165, 1.54) is 13.2 Å². The molecule has 0 bridgehead atoms. The molecule has 7 heteroatoms. The molecule has 2 N–H and O–H groups in total. The molecule has 2 aromatic carbocycles. The van der Waals surface area contributed by atoms with E-state index in [1.807, 2.05) is 0 Å². The van der Waals surface area contributed by atoms with Gasteiger partial charge in [-0.3, -0.25) is 4.79 Å². The van der Waals surface area contributed by atoms with Crippen LogP contribution in [0.1, 0.15) is 16.1 Å². The van der Waals surface area contributed by atoms with Crippen LogP contribution in [0.25, 0.3) is 11.3 Å². The average molecular weight is 392 g/mol. The summed E-state index contributed by atoms with van der Waals surface area (Å²) in [5.74, 6) is 1.00. The fraction of sp³-hybridized carbons (Fsp3) is 0.105. The third-order valence-electron chi connectivity index (χ3n) is 3.72. The van der Waals surface area contributed by atoms with E-state index in [9.17, 15) is 4.79 Å². The molecule has 1 aromatic heterocycles. The first-order valence-corrected chi connectivity index (χ1v) is 8.42. The first-order chi connectivity index (χ1) is 12.5. The van der Waals surface area contributed by atoms with E-state index in [2.05, 4.69) is 5.32 Å². The molecule has 134 valence electrons. The Balaban J connectivity index is 1.91. The van der Waals surface area contributed by atoms with Crippen LogP contribution in [0.15, 0.2) is 52.9 Å². The maximum atomic E-state index is 12.6. The molecule has 0 atom stereocenters. The van der Waals surface area contributed by atoms with E-state index in [0.717, 1.165) is 0 Å². The lowest BCUT2D eigenvalue weighted by Gasteiger charge is -2.11. The van der Waals surface area contributed by atoms with Crippen LogP contribution in [-0.2, 0) is 6.61 Å². The highest BCUT2D eigenvalue weighted by Gasteiger charge is 2.15. The summed E-state index contributed by atoms with van der Waals surface area (Å²) in [5, 5.41) is 12.7. The van der Waals surface area contributed by atoms with Crippen molar-refractivity contribution in [2.45, 2.75) is 6.61 Å². The van der Waals surface area contributed by atoms with Crippen LogP contribution in [-0.4, -0.2) is 18.1 Å². The standard InChI is InChI=1S/C19H15Cl2NO4/c1-25-18-6-3-12(20)9-14(18)19(24)22-16-8-11(2-5-15(16)21)17-7-4-13(10-23)26-17/h2-9,23H,10H2,1H3,(H,22,24). The Morgan fingerprint density at radius 3 is 2.65 bits per heavy atom. The lowest BCUT2D eigenvalue weighted by Crippen LogP contribution is -2.13. The Kier molecular flexibility index (Phi) is 5.52. The van der Waals surface area contributed by atoms with Gasteiger partial charge < -0.3 is 19.6 Å². The van der Waals surface area contributed by atoms with E-state index in [-0.39, 0.29) is 6.61 Å². The van der Waals surface area contributed by atoms with Crippen LogP contribution in [0.4, 0.5) is 5.69 Å². The van der Waals surface area contributed by atoms with Crippen LogP contribution >= 0.6 is 23.2 Å². The maximum Gasteiger partial charge on any atom is 0.259 e. The summed E-state index contributed by atoms with van der Waals surface area (Å²) in [6.07, 6.45) is 0. The van der Waals surface area contributed by atoms with Crippen molar-refractivity contribution in [3.05, 3.63) is 69.9 Å². The zero-order chi connectivity index (χ0) is 18.7. The third kappa shape index (κ3) is 3.85. The molecule has 0 aliphatic carbocycles. The molecular formula is C19H15Cl2NO4. The highest BCUT2D eigenvalue weighted by molar-refractivity contribution is 6.34. The number of nitrogens with one attached hydrogen (secondary N) is 1. The van der Waals surface area contributed by atoms with Crippen LogP contribution in [0.3, 0.4) is 0 Å². The molecule has 0 unspecified atom stereocenters. The normalized spacial score (nSPS) is 10.6. The molecule has 0 aliphatic heterocycles. The zero-order valence-corrected chi connectivity index (χ0v) is 15.3. The number of hydrogen-bond acceptors (Lipinski definition) is 4. The van der Waals surface area contributed by atoms with Gasteiger partial charge in [0, 0.05) is 10.6 Å². The van der Waals surface area contributed by atoms with Crippen LogP contribution in [0.5, 0.6) is 5.75 Å². The Hall–Kier alpha value is -2.47. The maximum absolute atomic E-state index is 12.6. The Morgan fingerprint density at radius 2 is 1.96 bits per heavy atom. The van der Waals surface area contributed by atoms with E-state index >= 15 is 0 Å². The second kappa shape index (κ2) is 7.83. The molecule has 3 aromatic rings. The second-order valence-electron chi connectivity index (χ2n) is 5.42. The Labute approximate surface area is 160 Å². The van der Waals surface area contributed by atoms with Gasteiger partial charge in [0.05, 0.1) is 23.4 Å². The third-order valence-corrected chi connectivity index (χ3v) is 4.29. The van der Waals surface area contributed by atoms with Crippen molar-refractivity contribution < 1.29 is 19.1 Å². The molecule has 0 saturated carbocycles. The monoisotopic (exact) mass is 391 g/mol. The van der Waals surface area contributed by atoms with E-state index in [1.54, 1.807) is 42.5 Å². The second-order valence-corrected chi connectivity index (χ2v) is 6.26. The van der Waals surface area contributed by atoms with Gasteiger partial charge in [0.25, 0.3) is 5.91 Å². The van der Waals surface area contributed by atoms with Crippen molar-refractivity contribution in [2.75, 3.05) is 12.4 Å². The van der Waals surface area contributed by atoms with Gasteiger partial charge >= 0.3 is 0 Å². The van der Waals surface area contributed by atoms with Crippen molar-refractivity contribution in [3.8, 4) is 17.1 Å². The summed E-state index contributed by atoms with van der Waals surface area (Å²) in [5.41, 5.74) is 1.42. The van der Waals surface area contributed by atoms with Crippen molar-refractivity contribution in [1.29, 1.82) is 0 Å². The predicted molar refractivity (Wildman–Crippen MR) is 101 cm³/mol. The number of carbonyl (C=O) groups excluding carboxylic acids is 1. The summed E-state index contributed by atoms with van der Waals surface area (Å²) in [4.78, 5) is 12.6. The summed E-state index contributed by atoms with van der Waals surface area (Å²) in [6, 6.07) is 13.3. The number of aliphatic hydroxyl groups excluding tert-OH is 1. The number of anilines is 1. The highest BCUT2D eigenvalue weighted by Crippen LogP contribution is 2.31. The predicted octanol–water partition coefficient (Wildman–Crippen LogP) is 5.01. The van der Waals surface area contributed by atoms with Gasteiger partial charge in [0.1, 0.15) is 23.9 Å². The average Bonchev–Trinajstić information content (AvgIpc) is 3.12. The molecule has 26 heavy (non-hydrogen) atoms.